The third kappa shape index (κ3) is 3.27. The molecule has 0 heterocycles. The van der Waals surface area contributed by atoms with Gasteiger partial charge >= 0.3 is 0 Å². The average Bonchev–Trinajstić information content (AvgIpc) is 2.04. The Morgan fingerprint density at radius 1 is 1.15 bits per heavy atom. The van der Waals surface area contributed by atoms with Crippen molar-refractivity contribution in [3.05, 3.63) is 29.3 Å². The quantitative estimate of drug-likeness (QED) is 0.785. The third-order valence-corrected chi connectivity index (χ3v) is 2.03. The second kappa shape index (κ2) is 5.87. The first-order valence-electron chi connectivity index (χ1n) is 4.55. The molecule has 1 N–H and O–H groups in total. The predicted molar refractivity (Wildman–Crippen MR) is 61.9 cm³/mol. The third-order valence-electron chi connectivity index (χ3n) is 2.03. The van der Waals surface area contributed by atoms with Gasteiger partial charge in [-0.05, 0) is 31.4 Å². The van der Waals surface area contributed by atoms with Crippen molar-refractivity contribution in [2.45, 2.75) is 27.2 Å². The Kier molecular flexibility index (Phi) is 5.56. The molecule has 0 saturated carbocycles. The van der Waals surface area contributed by atoms with E-state index in [1.165, 1.54) is 23.2 Å². The van der Waals surface area contributed by atoms with Crippen LogP contribution in [0.1, 0.15) is 24.5 Å². The van der Waals surface area contributed by atoms with Gasteiger partial charge in [0.2, 0.25) is 0 Å². The molecule has 0 aliphatic heterocycles. The number of aryl methyl sites for hydroxylation is 2. The first-order valence-corrected chi connectivity index (χ1v) is 4.55. The minimum atomic E-state index is 0. The molecule has 1 nitrogen and oxygen atoms in total. The smallest absolute Gasteiger partial charge is 0.0399 e. The first kappa shape index (κ1) is 12.3. The van der Waals surface area contributed by atoms with Crippen molar-refractivity contribution < 1.29 is 0 Å². The van der Waals surface area contributed by atoms with E-state index in [1.807, 2.05) is 0 Å². The molecule has 0 fully saturated rings. The lowest BCUT2D eigenvalue weighted by atomic mass is 10.1. The van der Waals surface area contributed by atoms with Crippen LogP contribution in [-0.2, 0) is 0 Å². The van der Waals surface area contributed by atoms with Crippen LogP contribution in [0.4, 0.5) is 5.69 Å². The summed E-state index contributed by atoms with van der Waals surface area (Å²) in [5, 5.41) is 3.43. The molecule has 1 rings (SSSR count). The van der Waals surface area contributed by atoms with E-state index >= 15 is 0 Å². The van der Waals surface area contributed by atoms with E-state index in [1.54, 1.807) is 0 Å². The normalized spacial score (nSPS) is 9.15. The molecule has 0 bridgehead atoms. The molecule has 0 radical (unpaired) electrons. The Morgan fingerprint density at radius 3 is 2.15 bits per heavy atom. The molecule has 0 unspecified atom stereocenters. The van der Waals surface area contributed by atoms with E-state index in [0.717, 1.165) is 6.54 Å². The molecular weight excluding hydrogens is 182 g/mol. The minimum absolute atomic E-state index is 0. The van der Waals surface area contributed by atoms with Crippen molar-refractivity contribution in [2.24, 2.45) is 0 Å². The number of hydrogen-bond donors (Lipinski definition) is 1. The van der Waals surface area contributed by atoms with Gasteiger partial charge in [-0.3, -0.25) is 0 Å². The van der Waals surface area contributed by atoms with Gasteiger partial charge in [0.25, 0.3) is 0 Å². The summed E-state index contributed by atoms with van der Waals surface area (Å²) in [5.41, 5.74) is 3.98. The lowest BCUT2D eigenvalue weighted by Gasteiger charge is -2.10. The van der Waals surface area contributed by atoms with Crippen LogP contribution >= 0.6 is 12.4 Å². The van der Waals surface area contributed by atoms with Crippen LogP contribution in [0.5, 0.6) is 0 Å². The molecule has 1 aromatic rings. The Bertz CT molecular complexity index is 238. The molecular formula is C11H18ClN. The fraction of sp³-hybridized carbons (Fsp3) is 0.455. The highest BCUT2D eigenvalue weighted by molar-refractivity contribution is 5.85. The van der Waals surface area contributed by atoms with Crippen molar-refractivity contribution in [1.82, 2.24) is 0 Å². The van der Waals surface area contributed by atoms with Crippen LogP contribution in [0.3, 0.4) is 0 Å². The molecule has 0 aliphatic rings. The standard InChI is InChI=1S/C11H17N.ClH/c1-4-8-12-11-9(2)6-5-7-10(11)3;/h5-7,12H,4,8H2,1-3H3;1H. The number of anilines is 1. The fourth-order valence-corrected chi connectivity index (χ4v) is 1.34. The van der Waals surface area contributed by atoms with Gasteiger partial charge in [-0.2, -0.15) is 0 Å². The first-order chi connectivity index (χ1) is 5.75. The molecule has 0 atom stereocenters. The zero-order valence-electron chi connectivity index (χ0n) is 8.55. The highest BCUT2D eigenvalue weighted by Gasteiger charge is 1.98. The van der Waals surface area contributed by atoms with Gasteiger partial charge in [-0.15, -0.1) is 12.4 Å². The number of rotatable bonds is 3. The van der Waals surface area contributed by atoms with Gasteiger partial charge in [-0.25, -0.2) is 0 Å². The molecule has 13 heavy (non-hydrogen) atoms. The molecule has 0 saturated heterocycles. The summed E-state index contributed by atoms with van der Waals surface area (Å²) in [6.07, 6.45) is 1.17. The summed E-state index contributed by atoms with van der Waals surface area (Å²) < 4.78 is 0. The van der Waals surface area contributed by atoms with Crippen LogP contribution in [-0.4, -0.2) is 6.54 Å². The van der Waals surface area contributed by atoms with Gasteiger partial charge < -0.3 is 5.32 Å². The van der Waals surface area contributed by atoms with E-state index in [9.17, 15) is 0 Å². The van der Waals surface area contributed by atoms with E-state index in [-0.39, 0.29) is 12.4 Å². The van der Waals surface area contributed by atoms with E-state index < -0.39 is 0 Å². The molecule has 74 valence electrons. The van der Waals surface area contributed by atoms with Crippen LogP contribution in [0, 0.1) is 13.8 Å². The molecule has 0 spiro atoms. The van der Waals surface area contributed by atoms with Crippen molar-refractivity contribution in [3.63, 3.8) is 0 Å². The van der Waals surface area contributed by atoms with E-state index in [2.05, 4.69) is 44.3 Å². The van der Waals surface area contributed by atoms with Gasteiger partial charge in [0.15, 0.2) is 0 Å². The molecule has 0 aromatic heterocycles. The highest BCUT2D eigenvalue weighted by Crippen LogP contribution is 2.18. The van der Waals surface area contributed by atoms with Gasteiger partial charge in [-0.1, -0.05) is 25.1 Å². The molecule has 1 aromatic carbocycles. The summed E-state index contributed by atoms with van der Waals surface area (Å²) in [6.45, 7) is 7.53. The fourth-order valence-electron chi connectivity index (χ4n) is 1.34. The Morgan fingerprint density at radius 2 is 1.69 bits per heavy atom. The zero-order valence-corrected chi connectivity index (χ0v) is 9.37. The summed E-state index contributed by atoms with van der Waals surface area (Å²) in [5.74, 6) is 0. The number of halogens is 1. The van der Waals surface area contributed by atoms with Gasteiger partial charge in [0, 0.05) is 12.2 Å². The lowest BCUT2D eigenvalue weighted by molar-refractivity contribution is 0.975. The lowest BCUT2D eigenvalue weighted by Crippen LogP contribution is -2.02. The van der Waals surface area contributed by atoms with E-state index in [4.69, 9.17) is 0 Å². The molecule has 0 aliphatic carbocycles. The number of hydrogen-bond acceptors (Lipinski definition) is 1. The number of para-hydroxylation sites is 1. The zero-order chi connectivity index (χ0) is 8.97. The molecule has 2 heteroatoms. The Balaban J connectivity index is 0.00000144. The summed E-state index contributed by atoms with van der Waals surface area (Å²) in [7, 11) is 0. The SMILES string of the molecule is CCCNc1c(C)cccc1C.Cl. The van der Waals surface area contributed by atoms with Crippen LogP contribution in [0.15, 0.2) is 18.2 Å². The summed E-state index contributed by atoms with van der Waals surface area (Å²) in [4.78, 5) is 0. The van der Waals surface area contributed by atoms with Crippen molar-refractivity contribution in [1.29, 1.82) is 0 Å². The van der Waals surface area contributed by atoms with Crippen molar-refractivity contribution >= 4 is 18.1 Å². The monoisotopic (exact) mass is 199 g/mol. The van der Waals surface area contributed by atoms with Gasteiger partial charge in [0.1, 0.15) is 0 Å². The van der Waals surface area contributed by atoms with Gasteiger partial charge in [0.05, 0.1) is 0 Å². The Hall–Kier alpha value is -0.690. The summed E-state index contributed by atoms with van der Waals surface area (Å²) in [6, 6.07) is 6.39. The van der Waals surface area contributed by atoms with Crippen molar-refractivity contribution in [2.75, 3.05) is 11.9 Å². The number of benzene rings is 1. The van der Waals surface area contributed by atoms with Crippen LogP contribution in [0.25, 0.3) is 0 Å². The largest absolute Gasteiger partial charge is 0.385 e. The highest BCUT2D eigenvalue weighted by atomic mass is 35.5. The van der Waals surface area contributed by atoms with Crippen LogP contribution in [0.2, 0.25) is 0 Å². The topological polar surface area (TPSA) is 12.0 Å². The van der Waals surface area contributed by atoms with Crippen molar-refractivity contribution in [3.8, 4) is 0 Å². The maximum atomic E-state index is 3.43. The maximum absolute atomic E-state index is 3.43. The minimum Gasteiger partial charge on any atom is -0.385 e. The second-order valence-corrected chi connectivity index (χ2v) is 3.19. The van der Waals surface area contributed by atoms with Crippen LogP contribution < -0.4 is 5.32 Å². The average molecular weight is 200 g/mol. The maximum Gasteiger partial charge on any atom is 0.0399 e. The Labute approximate surface area is 87.0 Å². The summed E-state index contributed by atoms with van der Waals surface area (Å²) >= 11 is 0. The molecule has 0 amide bonds. The number of nitrogens with one attached hydrogen (secondary N) is 1. The second-order valence-electron chi connectivity index (χ2n) is 3.19. The van der Waals surface area contributed by atoms with E-state index in [0.29, 0.717) is 0 Å². The predicted octanol–water partition coefficient (Wildman–Crippen LogP) is 3.55.